The van der Waals surface area contributed by atoms with Crippen LogP contribution < -0.4 is 5.73 Å². The molecule has 0 saturated carbocycles. The number of piperidine rings is 1. The molecule has 0 aromatic heterocycles. The van der Waals surface area contributed by atoms with E-state index in [4.69, 9.17) is 10.5 Å². The van der Waals surface area contributed by atoms with Crippen molar-refractivity contribution in [1.82, 2.24) is 4.90 Å². The molecular formula is C11H22N2O4S. The Kier molecular flexibility index (Phi) is 5.55. The lowest BCUT2D eigenvalue weighted by Crippen LogP contribution is -2.50. The average Bonchev–Trinajstić information content (AvgIpc) is 2.34. The fourth-order valence-corrected chi connectivity index (χ4v) is 2.71. The predicted octanol–water partition coefficient (Wildman–Crippen LogP) is -0.614. The molecule has 0 spiro atoms. The molecule has 2 unspecified atom stereocenters. The molecule has 0 radical (unpaired) electrons. The number of rotatable bonds is 5. The average molecular weight is 278 g/mol. The van der Waals surface area contributed by atoms with Gasteiger partial charge in [0.15, 0.2) is 0 Å². The number of hydrogen-bond acceptors (Lipinski definition) is 5. The molecule has 1 aliphatic rings. The van der Waals surface area contributed by atoms with Crippen LogP contribution in [0.4, 0.5) is 0 Å². The van der Waals surface area contributed by atoms with Gasteiger partial charge in [-0.15, -0.1) is 0 Å². The molecule has 7 heteroatoms. The molecule has 0 aromatic rings. The summed E-state index contributed by atoms with van der Waals surface area (Å²) >= 11 is 0. The number of likely N-dealkylation sites (tertiary alicyclic amines) is 1. The van der Waals surface area contributed by atoms with Crippen molar-refractivity contribution in [3.8, 4) is 0 Å². The lowest BCUT2D eigenvalue weighted by atomic mass is 10.1. The smallest absolute Gasteiger partial charge is 0.239 e. The number of amides is 1. The Balaban J connectivity index is 2.47. The van der Waals surface area contributed by atoms with Crippen LogP contribution in [0.2, 0.25) is 0 Å². The summed E-state index contributed by atoms with van der Waals surface area (Å²) in [6.07, 6.45) is 3.21. The first-order valence-electron chi connectivity index (χ1n) is 6.08. The molecule has 0 aromatic carbocycles. The summed E-state index contributed by atoms with van der Waals surface area (Å²) in [5.74, 6) is -0.234. The fraction of sp³-hybridized carbons (Fsp3) is 0.909. The van der Waals surface area contributed by atoms with Gasteiger partial charge in [-0.1, -0.05) is 0 Å². The highest BCUT2D eigenvalue weighted by Crippen LogP contribution is 2.13. The zero-order chi connectivity index (χ0) is 13.8. The molecular weight excluding hydrogens is 256 g/mol. The number of carbonyl (C=O) groups is 1. The Labute approximate surface area is 108 Å². The van der Waals surface area contributed by atoms with Crippen molar-refractivity contribution in [2.24, 2.45) is 5.73 Å². The fourth-order valence-electron chi connectivity index (χ4n) is 2.03. The summed E-state index contributed by atoms with van der Waals surface area (Å²) in [5, 5.41) is 0. The van der Waals surface area contributed by atoms with Gasteiger partial charge in [0.2, 0.25) is 5.91 Å². The first-order valence-corrected chi connectivity index (χ1v) is 8.14. The van der Waals surface area contributed by atoms with Gasteiger partial charge in [0, 0.05) is 26.5 Å². The summed E-state index contributed by atoms with van der Waals surface area (Å²) in [5.41, 5.74) is 5.75. The molecule has 0 aliphatic carbocycles. The molecule has 106 valence electrons. The van der Waals surface area contributed by atoms with Crippen LogP contribution in [-0.4, -0.2) is 63.6 Å². The highest BCUT2D eigenvalue weighted by Gasteiger charge is 2.27. The van der Waals surface area contributed by atoms with E-state index in [-0.39, 0.29) is 24.2 Å². The summed E-state index contributed by atoms with van der Waals surface area (Å²) in [6.45, 7) is 1.22. The third kappa shape index (κ3) is 4.91. The van der Waals surface area contributed by atoms with E-state index in [0.717, 1.165) is 19.1 Å². The molecule has 2 N–H and O–H groups in total. The lowest BCUT2D eigenvalue weighted by Gasteiger charge is -2.33. The zero-order valence-corrected chi connectivity index (χ0v) is 11.8. The van der Waals surface area contributed by atoms with E-state index in [2.05, 4.69) is 0 Å². The molecule has 6 nitrogen and oxygen atoms in total. The minimum absolute atomic E-state index is 0.0541. The molecule has 1 amide bonds. The van der Waals surface area contributed by atoms with E-state index in [1.54, 1.807) is 12.0 Å². The Hall–Kier alpha value is -0.660. The van der Waals surface area contributed by atoms with Gasteiger partial charge < -0.3 is 15.4 Å². The van der Waals surface area contributed by atoms with Gasteiger partial charge in [0.25, 0.3) is 0 Å². The summed E-state index contributed by atoms with van der Waals surface area (Å²) < 4.78 is 27.3. The maximum Gasteiger partial charge on any atom is 0.239 e. The quantitative estimate of drug-likeness (QED) is 0.724. The van der Waals surface area contributed by atoms with E-state index in [0.29, 0.717) is 13.1 Å². The maximum absolute atomic E-state index is 12.0. The molecule has 1 aliphatic heterocycles. The third-order valence-corrected chi connectivity index (χ3v) is 4.12. The number of methoxy groups -OCH3 is 1. The van der Waals surface area contributed by atoms with Crippen LogP contribution in [0.3, 0.4) is 0 Å². The van der Waals surface area contributed by atoms with E-state index >= 15 is 0 Å². The molecule has 1 rings (SSSR count). The van der Waals surface area contributed by atoms with Crippen molar-refractivity contribution in [2.45, 2.75) is 31.4 Å². The molecule has 18 heavy (non-hydrogen) atoms. The van der Waals surface area contributed by atoms with Crippen LogP contribution in [0.15, 0.2) is 0 Å². The number of hydrogen-bond donors (Lipinski definition) is 1. The van der Waals surface area contributed by atoms with Crippen molar-refractivity contribution in [2.75, 3.05) is 32.2 Å². The van der Waals surface area contributed by atoms with E-state index in [9.17, 15) is 13.2 Å². The van der Waals surface area contributed by atoms with Crippen LogP contribution in [0.1, 0.15) is 19.3 Å². The number of ether oxygens (including phenoxy) is 1. The summed E-state index contributed by atoms with van der Waals surface area (Å²) in [7, 11) is -1.45. The number of nitrogens with zero attached hydrogens (tertiary/aromatic N) is 1. The SMILES string of the molecule is COC1CCCN(C(=O)C(N)CCS(C)(=O)=O)C1. The highest BCUT2D eigenvalue weighted by molar-refractivity contribution is 7.90. The third-order valence-electron chi connectivity index (χ3n) is 3.14. The van der Waals surface area contributed by atoms with E-state index < -0.39 is 15.9 Å². The topological polar surface area (TPSA) is 89.7 Å². The van der Waals surface area contributed by atoms with Crippen molar-refractivity contribution in [3.63, 3.8) is 0 Å². The van der Waals surface area contributed by atoms with Crippen LogP contribution in [0.25, 0.3) is 0 Å². The highest BCUT2D eigenvalue weighted by atomic mass is 32.2. The maximum atomic E-state index is 12.0. The zero-order valence-electron chi connectivity index (χ0n) is 11.0. The van der Waals surface area contributed by atoms with Gasteiger partial charge in [-0.3, -0.25) is 4.79 Å². The van der Waals surface area contributed by atoms with Crippen LogP contribution in [0.5, 0.6) is 0 Å². The van der Waals surface area contributed by atoms with E-state index in [1.807, 2.05) is 0 Å². The lowest BCUT2D eigenvalue weighted by molar-refractivity contribution is -0.136. The Bertz CT molecular complexity index is 383. The molecule has 2 atom stereocenters. The van der Waals surface area contributed by atoms with E-state index in [1.165, 1.54) is 0 Å². The first kappa shape index (κ1) is 15.4. The van der Waals surface area contributed by atoms with Crippen LogP contribution in [0, 0.1) is 0 Å². The largest absolute Gasteiger partial charge is 0.380 e. The summed E-state index contributed by atoms with van der Waals surface area (Å²) in [4.78, 5) is 13.7. The van der Waals surface area contributed by atoms with Gasteiger partial charge in [-0.2, -0.15) is 0 Å². The number of carbonyl (C=O) groups excluding carboxylic acids is 1. The Morgan fingerprint density at radius 2 is 2.22 bits per heavy atom. The van der Waals surface area contributed by atoms with Gasteiger partial charge in [0.1, 0.15) is 9.84 Å². The minimum Gasteiger partial charge on any atom is -0.380 e. The monoisotopic (exact) mass is 278 g/mol. The molecule has 1 heterocycles. The van der Waals surface area contributed by atoms with Gasteiger partial charge in [0.05, 0.1) is 17.9 Å². The van der Waals surface area contributed by atoms with Gasteiger partial charge >= 0.3 is 0 Å². The Morgan fingerprint density at radius 3 is 2.78 bits per heavy atom. The normalized spacial score (nSPS) is 22.8. The standard InChI is InChI=1S/C11H22N2O4S/c1-17-9-4-3-6-13(8-9)11(14)10(12)5-7-18(2,15)16/h9-10H,3-8,12H2,1-2H3. The van der Waals surface area contributed by atoms with Crippen LogP contribution >= 0.6 is 0 Å². The van der Waals surface area contributed by atoms with Crippen molar-refractivity contribution in [1.29, 1.82) is 0 Å². The Morgan fingerprint density at radius 1 is 1.56 bits per heavy atom. The second-order valence-corrected chi connectivity index (χ2v) is 7.07. The van der Waals surface area contributed by atoms with Crippen LogP contribution in [-0.2, 0) is 19.4 Å². The minimum atomic E-state index is -3.07. The van der Waals surface area contributed by atoms with Crippen molar-refractivity contribution in [3.05, 3.63) is 0 Å². The number of nitrogens with two attached hydrogens (primary N) is 1. The molecule has 1 fully saturated rings. The summed E-state index contributed by atoms with van der Waals surface area (Å²) in [6, 6.07) is -0.740. The second kappa shape index (κ2) is 6.49. The van der Waals surface area contributed by atoms with Gasteiger partial charge in [-0.05, 0) is 19.3 Å². The molecule has 0 bridgehead atoms. The predicted molar refractivity (Wildman–Crippen MR) is 68.9 cm³/mol. The van der Waals surface area contributed by atoms with Gasteiger partial charge in [-0.25, -0.2) is 8.42 Å². The first-order chi connectivity index (χ1) is 8.33. The van der Waals surface area contributed by atoms with Crippen molar-refractivity contribution < 1.29 is 17.9 Å². The van der Waals surface area contributed by atoms with Crippen molar-refractivity contribution >= 4 is 15.7 Å². The second-order valence-electron chi connectivity index (χ2n) is 4.81. The molecule has 1 saturated heterocycles. The number of sulfone groups is 1.